The molecule has 5 nitrogen and oxygen atoms in total. The Bertz CT molecular complexity index is 820. The van der Waals surface area contributed by atoms with Crippen molar-refractivity contribution in [3.05, 3.63) is 52.5 Å². The third-order valence-electron chi connectivity index (χ3n) is 3.87. The topological polar surface area (TPSA) is 57.1 Å². The molecule has 0 radical (unpaired) electrons. The molecule has 0 saturated heterocycles. The van der Waals surface area contributed by atoms with Crippen LogP contribution in [0.2, 0.25) is 5.02 Å². The van der Waals surface area contributed by atoms with Gasteiger partial charge >= 0.3 is 5.97 Å². The minimum atomic E-state index is -0.370. The molecular weight excluding hydrogens is 366 g/mol. The van der Waals surface area contributed by atoms with Gasteiger partial charge in [0, 0.05) is 6.21 Å². The van der Waals surface area contributed by atoms with Crippen molar-refractivity contribution in [2.75, 3.05) is 13.7 Å². The van der Waals surface area contributed by atoms with Crippen LogP contribution in [0.25, 0.3) is 0 Å². The van der Waals surface area contributed by atoms with Crippen LogP contribution in [0.15, 0.2) is 41.4 Å². The number of ether oxygens (including phenoxy) is 3. The second-order valence-corrected chi connectivity index (χ2v) is 6.31. The second-order valence-electron chi connectivity index (χ2n) is 5.90. The highest BCUT2D eigenvalue weighted by molar-refractivity contribution is 6.32. The Morgan fingerprint density at radius 1 is 1.26 bits per heavy atom. The van der Waals surface area contributed by atoms with Crippen LogP contribution < -0.4 is 9.47 Å². The molecule has 0 fully saturated rings. The molecule has 2 aromatic rings. The fraction of sp³-hybridized carbons (Fsp3) is 0.333. The molecule has 0 aliphatic carbocycles. The maximum Gasteiger partial charge on any atom is 0.338 e. The van der Waals surface area contributed by atoms with E-state index in [1.807, 2.05) is 19.9 Å². The molecule has 0 aliphatic rings. The van der Waals surface area contributed by atoms with Gasteiger partial charge in [0.15, 0.2) is 11.5 Å². The van der Waals surface area contributed by atoms with Crippen molar-refractivity contribution in [3.63, 3.8) is 0 Å². The lowest BCUT2D eigenvalue weighted by molar-refractivity contribution is 0.0526. The molecule has 144 valence electrons. The highest BCUT2D eigenvalue weighted by Gasteiger charge is 2.14. The summed E-state index contributed by atoms with van der Waals surface area (Å²) in [6, 6.07) is 10.5. The zero-order valence-corrected chi connectivity index (χ0v) is 16.7. The third kappa shape index (κ3) is 5.73. The van der Waals surface area contributed by atoms with Crippen LogP contribution in [0.5, 0.6) is 11.5 Å². The lowest BCUT2D eigenvalue weighted by Gasteiger charge is -2.17. The van der Waals surface area contributed by atoms with Crippen molar-refractivity contribution < 1.29 is 19.0 Å². The summed E-state index contributed by atoms with van der Waals surface area (Å²) in [6.07, 6.45) is 2.55. The number of nitrogens with zero attached hydrogens (tertiary/aromatic N) is 1. The number of halogens is 1. The molecule has 0 bridgehead atoms. The molecule has 2 aromatic carbocycles. The molecule has 0 saturated carbocycles. The van der Waals surface area contributed by atoms with Gasteiger partial charge in [-0.1, -0.05) is 24.6 Å². The Morgan fingerprint density at radius 3 is 2.70 bits per heavy atom. The number of rotatable bonds is 8. The largest absolute Gasteiger partial charge is 0.493 e. The van der Waals surface area contributed by atoms with Crippen LogP contribution in [-0.2, 0) is 4.74 Å². The van der Waals surface area contributed by atoms with Gasteiger partial charge in [0.1, 0.15) is 0 Å². The maximum atomic E-state index is 11.8. The van der Waals surface area contributed by atoms with Gasteiger partial charge in [-0.2, -0.15) is 0 Å². The van der Waals surface area contributed by atoms with E-state index in [-0.39, 0.29) is 12.1 Å². The Balaban J connectivity index is 2.25. The minimum absolute atomic E-state index is 0.0292. The molecule has 0 amide bonds. The number of carbonyl (C=O) groups is 1. The summed E-state index contributed by atoms with van der Waals surface area (Å²) in [5.41, 5.74) is 1.85. The van der Waals surface area contributed by atoms with Gasteiger partial charge in [0.25, 0.3) is 0 Å². The average Bonchev–Trinajstić information content (AvgIpc) is 2.68. The molecule has 2 rings (SSSR count). The molecule has 6 heteroatoms. The Kier molecular flexibility index (Phi) is 7.67. The molecule has 0 aromatic heterocycles. The fourth-order valence-electron chi connectivity index (χ4n) is 2.29. The summed E-state index contributed by atoms with van der Waals surface area (Å²) in [5, 5.41) is 0.455. The van der Waals surface area contributed by atoms with Crippen molar-refractivity contribution >= 4 is 29.5 Å². The highest BCUT2D eigenvalue weighted by atomic mass is 35.5. The molecule has 0 aliphatic heterocycles. The smallest absolute Gasteiger partial charge is 0.338 e. The minimum Gasteiger partial charge on any atom is -0.493 e. The third-order valence-corrected chi connectivity index (χ3v) is 4.15. The summed E-state index contributed by atoms with van der Waals surface area (Å²) < 4.78 is 16.3. The lowest BCUT2D eigenvalue weighted by Crippen LogP contribution is -2.11. The van der Waals surface area contributed by atoms with E-state index in [0.29, 0.717) is 34.4 Å². The zero-order valence-electron chi connectivity index (χ0n) is 16.0. The van der Waals surface area contributed by atoms with Gasteiger partial charge in [-0.05, 0) is 56.2 Å². The average molecular weight is 390 g/mol. The van der Waals surface area contributed by atoms with Crippen LogP contribution >= 0.6 is 11.6 Å². The van der Waals surface area contributed by atoms with E-state index in [2.05, 4.69) is 4.99 Å². The first-order valence-corrected chi connectivity index (χ1v) is 9.21. The SMILES string of the molecule is CCOC(=O)c1cccc(N=Cc2cc(Cl)c(O[C@@H](C)CC)c(OC)c2)c1. The van der Waals surface area contributed by atoms with Gasteiger partial charge in [-0.15, -0.1) is 0 Å². The van der Waals surface area contributed by atoms with Crippen molar-refractivity contribution in [3.8, 4) is 11.5 Å². The van der Waals surface area contributed by atoms with E-state index in [1.165, 1.54) is 0 Å². The number of methoxy groups -OCH3 is 1. The predicted octanol–water partition coefficient (Wildman–Crippen LogP) is 5.45. The van der Waals surface area contributed by atoms with Crippen LogP contribution in [0.3, 0.4) is 0 Å². The number of esters is 1. The predicted molar refractivity (Wildman–Crippen MR) is 108 cm³/mol. The number of aliphatic imine (C=N–C) groups is 1. The molecule has 0 spiro atoms. The normalized spacial score (nSPS) is 12.0. The standard InChI is InChI=1S/C21H24ClNO4/c1-5-14(3)27-20-18(22)10-15(11-19(20)25-4)13-23-17-9-7-8-16(12-17)21(24)26-6-2/h7-14H,5-6H2,1-4H3/t14-/m0/s1. The summed E-state index contributed by atoms with van der Waals surface area (Å²) >= 11 is 6.37. The molecule has 0 heterocycles. The molecule has 27 heavy (non-hydrogen) atoms. The molecule has 0 N–H and O–H groups in total. The summed E-state index contributed by atoms with van der Waals surface area (Å²) in [4.78, 5) is 16.2. The van der Waals surface area contributed by atoms with Crippen LogP contribution in [0, 0.1) is 0 Å². The quantitative estimate of drug-likeness (QED) is 0.444. The van der Waals surface area contributed by atoms with Crippen molar-refractivity contribution in [1.29, 1.82) is 0 Å². The van der Waals surface area contributed by atoms with Crippen LogP contribution in [0.4, 0.5) is 5.69 Å². The van der Waals surface area contributed by atoms with E-state index < -0.39 is 0 Å². The van der Waals surface area contributed by atoms with Crippen molar-refractivity contribution in [1.82, 2.24) is 0 Å². The highest BCUT2D eigenvalue weighted by Crippen LogP contribution is 2.37. The van der Waals surface area contributed by atoms with E-state index in [1.54, 1.807) is 50.6 Å². The van der Waals surface area contributed by atoms with Crippen LogP contribution in [-0.4, -0.2) is 32.0 Å². The van der Waals surface area contributed by atoms with Crippen LogP contribution in [0.1, 0.15) is 43.1 Å². The Morgan fingerprint density at radius 2 is 2.04 bits per heavy atom. The molecular formula is C21H24ClNO4. The van der Waals surface area contributed by atoms with E-state index in [0.717, 1.165) is 12.0 Å². The van der Waals surface area contributed by atoms with Gasteiger partial charge in [-0.25, -0.2) is 4.79 Å². The first kappa shape index (κ1) is 20.8. The maximum absolute atomic E-state index is 11.8. The first-order valence-electron chi connectivity index (χ1n) is 8.83. The number of carbonyl (C=O) groups excluding carboxylic acids is 1. The fourth-order valence-corrected chi connectivity index (χ4v) is 2.55. The lowest BCUT2D eigenvalue weighted by atomic mass is 10.2. The summed E-state index contributed by atoms with van der Waals surface area (Å²) in [6.45, 7) is 6.11. The van der Waals surface area contributed by atoms with E-state index in [4.69, 9.17) is 25.8 Å². The molecule has 1 atom stereocenters. The Hall–Kier alpha value is -2.53. The van der Waals surface area contributed by atoms with Crippen molar-refractivity contribution in [2.45, 2.75) is 33.3 Å². The number of hydrogen-bond acceptors (Lipinski definition) is 5. The van der Waals surface area contributed by atoms with Crippen molar-refractivity contribution in [2.24, 2.45) is 4.99 Å². The summed E-state index contributed by atoms with van der Waals surface area (Å²) in [5.74, 6) is 0.699. The van der Waals surface area contributed by atoms with Gasteiger partial charge in [0.05, 0.1) is 36.1 Å². The van der Waals surface area contributed by atoms with Gasteiger partial charge < -0.3 is 14.2 Å². The first-order chi connectivity index (χ1) is 13.0. The van der Waals surface area contributed by atoms with E-state index in [9.17, 15) is 4.79 Å². The molecule has 0 unspecified atom stereocenters. The monoisotopic (exact) mass is 389 g/mol. The van der Waals surface area contributed by atoms with E-state index >= 15 is 0 Å². The zero-order chi connectivity index (χ0) is 19.8. The number of hydrogen-bond donors (Lipinski definition) is 0. The Labute approximate surface area is 164 Å². The summed E-state index contributed by atoms with van der Waals surface area (Å²) in [7, 11) is 1.57. The number of benzene rings is 2. The van der Waals surface area contributed by atoms with Gasteiger partial charge in [-0.3, -0.25) is 4.99 Å². The van der Waals surface area contributed by atoms with Gasteiger partial charge in [0.2, 0.25) is 0 Å². The second kappa shape index (κ2) is 9.97.